The molecule has 0 bridgehead atoms. The van der Waals surface area contributed by atoms with E-state index in [1.54, 1.807) is 23.0 Å². The van der Waals surface area contributed by atoms with E-state index in [4.69, 9.17) is 16.3 Å². The van der Waals surface area contributed by atoms with Gasteiger partial charge in [0.25, 0.3) is 0 Å². The minimum absolute atomic E-state index is 0.0909. The number of rotatable bonds is 8. The summed E-state index contributed by atoms with van der Waals surface area (Å²) >= 11 is 6.01. The van der Waals surface area contributed by atoms with Gasteiger partial charge in [-0.2, -0.15) is 0 Å². The van der Waals surface area contributed by atoms with E-state index in [1.807, 2.05) is 24.3 Å². The smallest absolute Gasteiger partial charge is 0.360 e. The molecule has 1 N–H and O–H groups in total. The van der Waals surface area contributed by atoms with Gasteiger partial charge in [-0.05, 0) is 48.2 Å². The number of methoxy groups -OCH3 is 1. The van der Waals surface area contributed by atoms with Crippen LogP contribution >= 0.6 is 11.6 Å². The third-order valence-electron chi connectivity index (χ3n) is 5.89. The van der Waals surface area contributed by atoms with E-state index in [2.05, 4.69) is 20.5 Å². The van der Waals surface area contributed by atoms with Crippen molar-refractivity contribution in [3.63, 3.8) is 0 Å². The van der Waals surface area contributed by atoms with Gasteiger partial charge >= 0.3 is 5.97 Å². The molecule has 0 spiro atoms. The van der Waals surface area contributed by atoms with Crippen molar-refractivity contribution < 1.29 is 18.7 Å². The lowest BCUT2D eigenvalue weighted by atomic mass is 10.1. The molecule has 4 rings (SSSR count). The monoisotopic (exact) mass is 485 g/mol. The summed E-state index contributed by atoms with van der Waals surface area (Å²) in [6.07, 6.45) is 2.66. The topological polar surface area (TPSA) is 89.4 Å². The number of ether oxygens (including phenoxy) is 1. The number of aromatic nitrogens is 3. The number of hydrogen-bond acceptors (Lipinski definition) is 6. The number of nitrogens with zero attached hydrogens (tertiary/aromatic N) is 4. The number of nitrogens with one attached hydrogen (secondary N) is 1. The van der Waals surface area contributed by atoms with Gasteiger partial charge in [0.1, 0.15) is 5.82 Å². The standard InChI is InChI=1S/C24H25ClFN5O3/c1-34-24(33)21-15-31(29-28-21)20-12-22(30(14-20)13-17-2-6-18(25)7-3-17)23(32)27-11-10-16-4-8-19(26)9-5-16/h2-9,15,20,22H,10-14H2,1H3,(H,27,32)/t20-,22-/m0/s1. The number of amides is 1. The summed E-state index contributed by atoms with van der Waals surface area (Å²) in [7, 11) is 1.29. The number of likely N-dealkylation sites (tertiary alicyclic amines) is 1. The Morgan fingerprint density at radius 1 is 1.15 bits per heavy atom. The van der Waals surface area contributed by atoms with E-state index in [9.17, 15) is 14.0 Å². The lowest BCUT2D eigenvalue weighted by Crippen LogP contribution is -2.43. The zero-order chi connectivity index (χ0) is 24.1. The maximum Gasteiger partial charge on any atom is 0.360 e. The molecular weight excluding hydrogens is 461 g/mol. The Morgan fingerprint density at radius 2 is 1.85 bits per heavy atom. The predicted octanol–water partition coefficient (Wildman–Crippen LogP) is 3.03. The molecule has 0 saturated carbocycles. The van der Waals surface area contributed by atoms with Crippen LogP contribution in [0.25, 0.3) is 0 Å². The lowest BCUT2D eigenvalue weighted by Gasteiger charge is -2.23. The molecule has 178 valence electrons. The van der Waals surface area contributed by atoms with Gasteiger partial charge in [-0.25, -0.2) is 13.9 Å². The molecule has 0 unspecified atom stereocenters. The average Bonchev–Trinajstić information content (AvgIpc) is 3.49. The number of carbonyl (C=O) groups is 2. The van der Waals surface area contributed by atoms with Gasteiger partial charge in [0.2, 0.25) is 5.91 Å². The lowest BCUT2D eigenvalue weighted by molar-refractivity contribution is -0.125. The Bertz CT molecular complexity index is 1140. The van der Waals surface area contributed by atoms with Crippen LogP contribution < -0.4 is 5.32 Å². The first-order valence-electron chi connectivity index (χ1n) is 10.9. The molecule has 0 aliphatic carbocycles. The third-order valence-corrected chi connectivity index (χ3v) is 6.14. The quantitative estimate of drug-likeness (QED) is 0.493. The van der Waals surface area contributed by atoms with E-state index >= 15 is 0 Å². The van der Waals surface area contributed by atoms with Crippen LogP contribution in [0.4, 0.5) is 4.39 Å². The molecule has 2 heterocycles. The van der Waals surface area contributed by atoms with E-state index in [0.29, 0.717) is 37.5 Å². The van der Waals surface area contributed by atoms with Gasteiger partial charge in [-0.3, -0.25) is 9.69 Å². The van der Waals surface area contributed by atoms with Gasteiger partial charge in [-0.1, -0.05) is 41.1 Å². The Labute approximate surface area is 201 Å². The number of hydrogen-bond donors (Lipinski definition) is 1. The predicted molar refractivity (Wildman–Crippen MR) is 124 cm³/mol. The van der Waals surface area contributed by atoms with Crippen molar-refractivity contribution in [2.45, 2.75) is 31.5 Å². The zero-order valence-corrected chi connectivity index (χ0v) is 19.4. The van der Waals surface area contributed by atoms with Gasteiger partial charge in [0, 0.05) is 24.7 Å². The number of esters is 1. The number of carbonyl (C=O) groups excluding carboxylic acids is 2. The maximum atomic E-state index is 13.1. The minimum Gasteiger partial charge on any atom is -0.464 e. The summed E-state index contributed by atoms with van der Waals surface area (Å²) in [5, 5.41) is 11.6. The molecule has 1 aliphatic rings. The zero-order valence-electron chi connectivity index (χ0n) is 18.7. The van der Waals surface area contributed by atoms with E-state index in [0.717, 1.165) is 11.1 Å². The molecule has 1 aliphatic heterocycles. The highest BCUT2D eigenvalue weighted by Gasteiger charge is 2.38. The molecule has 1 fully saturated rings. The fourth-order valence-corrected chi connectivity index (χ4v) is 4.22. The van der Waals surface area contributed by atoms with Crippen molar-refractivity contribution in [3.8, 4) is 0 Å². The minimum atomic E-state index is -0.558. The first-order valence-corrected chi connectivity index (χ1v) is 11.3. The molecule has 10 heteroatoms. The van der Waals surface area contributed by atoms with Crippen LogP contribution in [0.5, 0.6) is 0 Å². The van der Waals surface area contributed by atoms with Crippen molar-refractivity contribution in [2.75, 3.05) is 20.2 Å². The van der Waals surface area contributed by atoms with Gasteiger partial charge < -0.3 is 10.1 Å². The molecule has 1 aromatic heterocycles. The van der Waals surface area contributed by atoms with Crippen molar-refractivity contribution in [1.82, 2.24) is 25.2 Å². The van der Waals surface area contributed by atoms with Crippen LogP contribution in [0.3, 0.4) is 0 Å². The average molecular weight is 486 g/mol. The van der Waals surface area contributed by atoms with Gasteiger partial charge in [-0.15, -0.1) is 5.10 Å². The van der Waals surface area contributed by atoms with Crippen molar-refractivity contribution in [1.29, 1.82) is 0 Å². The largest absolute Gasteiger partial charge is 0.464 e. The third kappa shape index (κ3) is 5.78. The van der Waals surface area contributed by atoms with E-state index < -0.39 is 5.97 Å². The van der Waals surface area contributed by atoms with Gasteiger partial charge in [0.15, 0.2) is 5.69 Å². The van der Waals surface area contributed by atoms with Crippen LogP contribution in [0, 0.1) is 5.82 Å². The summed E-state index contributed by atoms with van der Waals surface area (Å²) in [6.45, 7) is 1.56. The molecule has 1 amide bonds. The van der Waals surface area contributed by atoms with E-state index in [1.165, 1.54) is 19.2 Å². The first-order chi connectivity index (χ1) is 16.4. The normalized spacial score (nSPS) is 18.1. The molecule has 1 saturated heterocycles. The maximum absolute atomic E-state index is 13.1. The highest BCUT2D eigenvalue weighted by molar-refractivity contribution is 6.30. The molecule has 3 aromatic rings. The summed E-state index contributed by atoms with van der Waals surface area (Å²) in [5.74, 6) is -0.935. The van der Waals surface area contributed by atoms with Crippen molar-refractivity contribution >= 4 is 23.5 Å². The highest BCUT2D eigenvalue weighted by atomic mass is 35.5. The Balaban J connectivity index is 1.45. The van der Waals surface area contributed by atoms with Crippen molar-refractivity contribution in [3.05, 3.63) is 82.4 Å². The number of benzene rings is 2. The highest BCUT2D eigenvalue weighted by Crippen LogP contribution is 2.29. The van der Waals surface area contributed by atoms with Crippen LogP contribution in [-0.4, -0.2) is 58.0 Å². The fraction of sp³-hybridized carbons (Fsp3) is 0.333. The fourth-order valence-electron chi connectivity index (χ4n) is 4.10. The summed E-state index contributed by atoms with van der Waals surface area (Å²) in [6, 6.07) is 13.2. The first kappa shape index (κ1) is 23.8. The molecule has 8 nitrogen and oxygen atoms in total. The Morgan fingerprint density at radius 3 is 2.56 bits per heavy atom. The molecular formula is C24H25ClFN5O3. The summed E-state index contributed by atoms with van der Waals surface area (Å²) < 4.78 is 19.4. The second-order valence-corrected chi connectivity index (χ2v) is 8.64. The Hall–Kier alpha value is -3.30. The van der Waals surface area contributed by atoms with E-state index in [-0.39, 0.29) is 29.5 Å². The number of halogens is 2. The Kier molecular flexibility index (Phi) is 7.54. The summed E-state index contributed by atoms with van der Waals surface area (Å²) in [4.78, 5) is 27.0. The molecule has 0 radical (unpaired) electrons. The molecule has 34 heavy (non-hydrogen) atoms. The SMILES string of the molecule is COC(=O)c1cn([C@H]2C[C@@H](C(=O)NCCc3ccc(F)cc3)N(Cc3ccc(Cl)cc3)C2)nn1. The van der Waals surface area contributed by atoms with Crippen LogP contribution in [0.15, 0.2) is 54.7 Å². The summed E-state index contributed by atoms with van der Waals surface area (Å²) in [5.41, 5.74) is 2.10. The molecule has 2 aromatic carbocycles. The second kappa shape index (κ2) is 10.8. The second-order valence-electron chi connectivity index (χ2n) is 8.20. The van der Waals surface area contributed by atoms with Gasteiger partial charge in [0.05, 0.1) is 25.4 Å². The molecule has 2 atom stereocenters. The van der Waals surface area contributed by atoms with Crippen LogP contribution in [-0.2, 0) is 22.5 Å². The van der Waals surface area contributed by atoms with Crippen molar-refractivity contribution in [2.24, 2.45) is 0 Å². The van der Waals surface area contributed by atoms with Crippen LogP contribution in [0.1, 0.15) is 34.1 Å². The van der Waals surface area contributed by atoms with Crippen LogP contribution in [0.2, 0.25) is 5.02 Å².